The van der Waals surface area contributed by atoms with Gasteiger partial charge in [-0.2, -0.15) is 0 Å². The van der Waals surface area contributed by atoms with Gasteiger partial charge in [-0.25, -0.2) is 0 Å². The molecule has 0 bridgehead atoms. The third-order valence-corrected chi connectivity index (χ3v) is 5.21. The average molecular weight is 231 g/mol. The summed E-state index contributed by atoms with van der Waals surface area (Å²) >= 11 is 2.60. The Kier molecular flexibility index (Phi) is 4.06. The zero-order chi connectivity index (χ0) is 8.10. The molecule has 0 heterocycles. The molecule has 0 fully saturated rings. The van der Waals surface area contributed by atoms with Crippen molar-refractivity contribution in [3.63, 3.8) is 0 Å². The summed E-state index contributed by atoms with van der Waals surface area (Å²) in [4.78, 5) is 0. The first-order valence-electron chi connectivity index (χ1n) is 3.51. The maximum absolute atomic E-state index is 2.24. The van der Waals surface area contributed by atoms with Gasteiger partial charge in [-0.3, -0.25) is 0 Å². The quantitative estimate of drug-likeness (QED) is 0.713. The van der Waals surface area contributed by atoms with Crippen molar-refractivity contribution in [2.24, 2.45) is 0 Å². The minimum absolute atomic E-state index is 0.674. The topological polar surface area (TPSA) is 0 Å². The molecule has 0 saturated carbocycles. The monoisotopic (exact) mass is 232 g/mol. The molecule has 0 aliphatic rings. The molecule has 0 aliphatic heterocycles. The summed E-state index contributed by atoms with van der Waals surface area (Å²) in [6, 6.07) is 8.87. The van der Waals surface area contributed by atoms with Crippen LogP contribution in [0.5, 0.6) is 0 Å². The molecule has 0 aromatic heterocycles. The van der Waals surface area contributed by atoms with E-state index < -0.39 is 0 Å². The van der Waals surface area contributed by atoms with Crippen LogP contribution in [0.25, 0.3) is 0 Å². The molecule has 0 atom stereocenters. The van der Waals surface area contributed by atoms with Crippen LogP contribution in [-0.4, -0.2) is 25.9 Å². The predicted octanol–water partition coefficient (Wildman–Crippen LogP) is 1.65. The molecule has 1 aromatic rings. The standard InChI is InChI=1S/C9H12SSe/c1-8-3-5-9(6-4-8)11-7-10-2/h3-6H,7H2,1-2H3. The Morgan fingerprint density at radius 3 is 2.45 bits per heavy atom. The van der Waals surface area contributed by atoms with Crippen LogP contribution in [0.4, 0.5) is 0 Å². The Hall–Kier alpha value is 0.0895. The van der Waals surface area contributed by atoms with Gasteiger partial charge in [0.1, 0.15) is 0 Å². The summed E-state index contributed by atoms with van der Waals surface area (Å²) in [5.74, 6) is 0. The fourth-order valence-electron chi connectivity index (χ4n) is 0.761. The van der Waals surface area contributed by atoms with Gasteiger partial charge in [-0.05, 0) is 0 Å². The van der Waals surface area contributed by atoms with Gasteiger partial charge in [-0.1, -0.05) is 0 Å². The molecule has 0 N–H and O–H groups in total. The van der Waals surface area contributed by atoms with E-state index in [9.17, 15) is 0 Å². The molecule has 0 nitrogen and oxygen atoms in total. The van der Waals surface area contributed by atoms with Gasteiger partial charge >= 0.3 is 78.8 Å². The number of aryl methyl sites for hydroxylation is 1. The van der Waals surface area contributed by atoms with E-state index in [1.807, 2.05) is 11.8 Å². The van der Waals surface area contributed by atoms with E-state index in [0.29, 0.717) is 15.0 Å². The summed E-state index contributed by atoms with van der Waals surface area (Å²) in [5.41, 5.74) is 1.36. The van der Waals surface area contributed by atoms with Gasteiger partial charge in [0.25, 0.3) is 0 Å². The summed E-state index contributed by atoms with van der Waals surface area (Å²) < 4.78 is 2.80. The van der Waals surface area contributed by atoms with Gasteiger partial charge in [-0.15, -0.1) is 0 Å². The van der Waals surface area contributed by atoms with E-state index in [1.165, 1.54) is 14.7 Å². The van der Waals surface area contributed by atoms with Gasteiger partial charge in [0.15, 0.2) is 0 Å². The van der Waals surface area contributed by atoms with Crippen molar-refractivity contribution in [3.05, 3.63) is 29.8 Å². The van der Waals surface area contributed by atoms with Crippen molar-refractivity contribution in [2.45, 2.75) is 6.92 Å². The molecular weight excluding hydrogens is 219 g/mol. The van der Waals surface area contributed by atoms with E-state index in [1.54, 1.807) is 0 Å². The summed E-state index contributed by atoms with van der Waals surface area (Å²) in [7, 11) is 0. The zero-order valence-corrected chi connectivity index (χ0v) is 9.36. The van der Waals surface area contributed by atoms with Crippen LogP contribution >= 0.6 is 11.8 Å². The van der Waals surface area contributed by atoms with Gasteiger partial charge in [0.05, 0.1) is 0 Å². The van der Waals surface area contributed by atoms with Gasteiger partial charge in [0.2, 0.25) is 0 Å². The van der Waals surface area contributed by atoms with Crippen molar-refractivity contribution < 1.29 is 0 Å². The van der Waals surface area contributed by atoms with Crippen LogP contribution in [0, 0.1) is 6.92 Å². The van der Waals surface area contributed by atoms with Crippen LogP contribution in [0.2, 0.25) is 0 Å². The number of thioether (sulfide) groups is 1. The van der Waals surface area contributed by atoms with Gasteiger partial charge < -0.3 is 0 Å². The second-order valence-corrected chi connectivity index (χ2v) is 6.26. The molecule has 0 radical (unpaired) electrons. The first-order valence-corrected chi connectivity index (χ1v) is 6.97. The first-order chi connectivity index (χ1) is 5.33. The molecule has 2 heteroatoms. The maximum atomic E-state index is 2.24. The molecule has 0 saturated heterocycles. The van der Waals surface area contributed by atoms with E-state index in [-0.39, 0.29) is 0 Å². The van der Waals surface area contributed by atoms with Crippen molar-refractivity contribution >= 4 is 31.2 Å². The third-order valence-electron chi connectivity index (χ3n) is 1.36. The van der Waals surface area contributed by atoms with Crippen LogP contribution in [-0.2, 0) is 0 Å². The van der Waals surface area contributed by atoms with Crippen molar-refractivity contribution in [1.82, 2.24) is 0 Å². The fraction of sp³-hybridized carbons (Fsp3) is 0.333. The molecule has 0 unspecified atom stereocenters. The Labute approximate surface area is 78.9 Å². The SMILES string of the molecule is CSC[Se]c1ccc(C)cc1. The predicted molar refractivity (Wildman–Crippen MR) is 54.9 cm³/mol. The van der Waals surface area contributed by atoms with E-state index in [4.69, 9.17) is 0 Å². The van der Waals surface area contributed by atoms with Crippen LogP contribution in [0.15, 0.2) is 24.3 Å². The van der Waals surface area contributed by atoms with E-state index in [0.717, 1.165) is 0 Å². The number of hydrogen-bond acceptors (Lipinski definition) is 1. The zero-order valence-electron chi connectivity index (χ0n) is 6.83. The molecule has 11 heavy (non-hydrogen) atoms. The average Bonchev–Trinajstić information content (AvgIpc) is 2.04. The fourth-order valence-corrected chi connectivity index (χ4v) is 3.30. The number of benzene rings is 1. The van der Waals surface area contributed by atoms with E-state index in [2.05, 4.69) is 37.4 Å². The van der Waals surface area contributed by atoms with Crippen LogP contribution in [0.3, 0.4) is 0 Å². The molecule has 60 valence electrons. The molecule has 1 rings (SSSR count). The molecule has 0 amide bonds. The summed E-state index contributed by atoms with van der Waals surface area (Å²) in [6.45, 7) is 2.13. The normalized spacial score (nSPS) is 10.0. The van der Waals surface area contributed by atoms with Gasteiger partial charge in [0, 0.05) is 0 Å². The molecular formula is C9H12SSe. The minimum atomic E-state index is 0.674. The summed E-state index contributed by atoms with van der Waals surface area (Å²) in [6.07, 6.45) is 2.16. The third kappa shape index (κ3) is 3.33. The van der Waals surface area contributed by atoms with Crippen molar-refractivity contribution in [2.75, 3.05) is 10.9 Å². The second kappa shape index (κ2) is 4.87. The Balaban J connectivity index is 2.52. The number of hydrogen-bond donors (Lipinski definition) is 0. The van der Waals surface area contributed by atoms with Crippen LogP contribution in [0.1, 0.15) is 5.56 Å². The van der Waals surface area contributed by atoms with E-state index >= 15 is 0 Å². The molecule has 0 aliphatic carbocycles. The summed E-state index contributed by atoms with van der Waals surface area (Å²) in [5, 5.41) is 0. The Bertz CT molecular complexity index is 205. The number of rotatable bonds is 3. The Morgan fingerprint density at radius 2 is 1.91 bits per heavy atom. The van der Waals surface area contributed by atoms with Crippen molar-refractivity contribution in [1.29, 1.82) is 0 Å². The molecule has 1 aromatic carbocycles. The molecule has 0 spiro atoms. The first kappa shape index (κ1) is 9.18. The second-order valence-electron chi connectivity index (χ2n) is 2.36. The van der Waals surface area contributed by atoms with Crippen LogP contribution < -0.4 is 4.46 Å². The Morgan fingerprint density at radius 1 is 1.27 bits per heavy atom. The van der Waals surface area contributed by atoms with Crippen molar-refractivity contribution in [3.8, 4) is 0 Å².